The number of anilines is 1. The molecule has 2 aromatic rings. The Morgan fingerprint density at radius 1 is 0.750 bits per heavy atom. The van der Waals surface area contributed by atoms with Crippen LogP contribution >= 0.6 is 0 Å². The normalized spacial score (nSPS) is 12.8. The number of rotatable bonds is 13. The zero-order valence-electron chi connectivity index (χ0n) is 19.0. The number of amides is 2. The van der Waals surface area contributed by atoms with E-state index in [1.54, 1.807) is 30.3 Å². The molecule has 0 radical (unpaired) electrons. The molecular weight excluding hydrogens is 402 g/mol. The third kappa shape index (κ3) is 6.06. The van der Waals surface area contributed by atoms with Crippen molar-refractivity contribution in [2.45, 2.75) is 71.1 Å². The maximum Gasteiger partial charge on any atom is 0.338 e. The molecule has 1 aliphatic heterocycles. The fourth-order valence-electron chi connectivity index (χ4n) is 4.02. The Morgan fingerprint density at radius 3 is 2.00 bits per heavy atom. The Morgan fingerprint density at radius 2 is 1.34 bits per heavy atom. The van der Waals surface area contributed by atoms with E-state index >= 15 is 0 Å². The lowest BCUT2D eigenvalue weighted by Gasteiger charge is -2.13. The number of esters is 1. The van der Waals surface area contributed by atoms with E-state index in [-0.39, 0.29) is 11.5 Å². The number of carbonyl (C=O) groups excluding carboxylic acids is 3. The van der Waals surface area contributed by atoms with Crippen LogP contribution in [-0.4, -0.2) is 24.4 Å². The van der Waals surface area contributed by atoms with Gasteiger partial charge in [0.15, 0.2) is 0 Å². The molecule has 0 unspecified atom stereocenters. The minimum Gasteiger partial charge on any atom is -0.462 e. The molecule has 2 aromatic carbocycles. The molecule has 0 bridgehead atoms. The van der Waals surface area contributed by atoms with Crippen LogP contribution in [0.15, 0.2) is 48.5 Å². The molecule has 2 amide bonds. The summed E-state index contributed by atoms with van der Waals surface area (Å²) in [7, 11) is 0. The van der Waals surface area contributed by atoms with Gasteiger partial charge in [0.25, 0.3) is 11.8 Å². The summed E-state index contributed by atoms with van der Waals surface area (Å²) in [6.45, 7) is 2.60. The highest BCUT2D eigenvalue weighted by atomic mass is 16.5. The van der Waals surface area contributed by atoms with E-state index in [0.717, 1.165) is 24.2 Å². The number of imide groups is 1. The van der Waals surface area contributed by atoms with Gasteiger partial charge < -0.3 is 4.74 Å². The summed E-state index contributed by atoms with van der Waals surface area (Å²) in [6.07, 6.45) is 12.2. The highest BCUT2D eigenvalue weighted by Crippen LogP contribution is 2.29. The van der Waals surface area contributed by atoms with Gasteiger partial charge >= 0.3 is 5.97 Å². The zero-order valence-corrected chi connectivity index (χ0v) is 19.0. The Kier molecular flexibility index (Phi) is 9.02. The maximum absolute atomic E-state index is 12.8. The van der Waals surface area contributed by atoms with Crippen LogP contribution in [0.3, 0.4) is 0 Å². The molecule has 0 saturated carbocycles. The summed E-state index contributed by atoms with van der Waals surface area (Å²) < 4.78 is 5.38. The quantitative estimate of drug-likeness (QED) is 0.203. The third-order valence-corrected chi connectivity index (χ3v) is 5.87. The van der Waals surface area contributed by atoms with Crippen molar-refractivity contribution in [1.29, 1.82) is 0 Å². The average Bonchev–Trinajstić information content (AvgIpc) is 3.07. The largest absolute Gasteiger partial charge is 0.462 e. The van der Waals surface area contributed by atoms with Crippen molar-refractivity contribution in [1.82, 2.24) is 0 Å². The van der Waals surface area contributed by atoms with E-state index in [9.17, 15) is 14.4 Å². The number of ether oxygens (including phenoxy) is 1. The van der Waals surface area contributed by atoms with Crippen LogP contribution < -0.4 is 4.90 Å². The number of para-hydroxylation sites is 1. The van der Waals surface area contributed by atoms with Gasteiger partial charge in [0.2, 0.25) is 0 Å². The van der Waals surface area contributed by atoms with E-state index in [2.05, 4.69) is 6.92 Å². The Bertz CT molecular complexity index is 923. The molecule has 0 aromatic heterocycles. The van der Waals surface area contributed by atoms with Crippen LogP contribution in [0.25, 0.3) is 0 Å². The Balaban J connectivity index is 1.42. The topological polar surface area (TPSA) is 63.7 Å². The molecule has 5 heteroatoms. The molecule has 32 heavy (non-hydrogen) atoms. The second-order valence-corrected chi connectivity index (χ2v) is 8.36. The SMILES string of the molecule is CCCCCCCCCCCCOC(=O)c1ccc2c(c1)C(=O)N(c1ccccc1)C2=O. The predicted molar refractivity (Wildman–Crippen MR) is 126 cm³/mol. The number of benzene rings is 2. The zero-order chi connectivity index (χ0) is 22.8. The Labute approximate surface area is 190 Å². The van der Waals surface area contributed by atoms with Crippen molar-refractivity contribution in [3.63, 3.8) is 0 Å². The second kappa shape index (κ2) is 12.2. The molecule has 170 valence electrons. The fraction of sp³-hybridized carbons (Fsp3) is 0.444. The van der Waals surface area contributed by atoms with Crippen LogP contribution in [0.2, 0.25) is 0 Å². The first-order chi connectivity index (χ1) is 15.6. The van der Waals surface area contributed by atoms with Gasteiger partial charge in [-0.25, -0.2) is 9.69 Å². The fourth-order valence-corrected chi connectivity index (χ4v) is 4.02. The molecule has 1 heterocycles. The van der Waals surface area contributed by atoms with Crippen molar-refractivity contribution in [2.24, 2.45) is 0 Å². The monoisotopic (exact) mass is 435 g/mol. The molecule has 1 aliphatic rings. The summed E-state index contributed by atoms with van der Waals surface area (Å²) >= 11 is 0. The Hall–Kier alpha value is -2.95. The highest BCUT2D eigenvalue weighted by molar-refractivity contribution is 6.34. The molecule has 5 nitrogen and oxygen atoms in total. The third-order valence-electron chi connectivity index (χ3n) is 5.87. The van der Waals surface area contributed by atoms with Gasteiger partial charge in [-0.15, -0.1) is 0 Å². The first kappa shape index (κ1) is 23.7. The van der Waals surface area contributed by atoms with Crippen LogP contribution in [-0.2, 0) is 4.74 Å². The number of hydrogen-bond acceptors (Lipinski definition) is 4. The van der Waals surface area contributed by atoms with Crippen LogP contribution in [0, 0.1) is 0 Å². The van der Waals surface area contributed by atoms with E-state index < -0.39 is 11.9 Å². The smallest absolute Gasteiger partial charge is 0.338 e. The number of nitrogens with zero attached hydrogens (tertiary/aromatic N) is 1. The summed E-state index contributed by atoms with van der Waals surface area (Å²) in [5.41, 5.74) is 1.37. The van der Waals surface area contributed by atoms with Crippen molar-refractivity contribution in [2.75, 3.05) is 11.5 Å². The van der Waals surface area contributed by atoms with Crippen LogP contribution in [0.1, 0.15) is 102 Å². The minimum absolute atomic E-state index is 0.243. The molecule has 0 aliphatic carbocycles. The van der Waals surface area contributed by atoms with Crippen LogP contribution in [0.4, 0.5) is 5.69 Å². The van der Waals surface area contributed by atoms with Crippen molar-refractivity contribution >= 4 is 23.5 Å². The lowest BCUT2D eigenvalue weighted by atomic mass is 10.1. The molecule has 0 fully saturated rings. The molecule has 0 spiro atoms. The van der Waals surface area contributed by atoms with Crippen molar-refractivity contribution in [3.05, 3.63) is 65.2 Å². The maximum atomic E-state index is 12.8. The summed E-state index contributed by atoms with van der Waals surface area (Å²) in [5, 5.41) is 0. The summed E-state index contributed by atoms with van der Waals surface area (Å²) in [4.78, 5) is 39.0. The lowest BCUT2D eigenvalue weighted by molar-refractivity contribution is 0.0497. The summed E-state index contributed by atoms with van der Waals surface area (Å²) in [5.74, 6) is -1.25. The van der Waals surface area contributed by atoms with Gasteiger partial charge in [-0.05, 0) is 36.8 Å². The molecule has 0 N–H and O–H groups in total. The van der Waals surface area contributed by atoms with Gasteiger partial charge in [-0.2, -0.15) is 0 Å². The van der Waals surface area contributed by atoms with Gasteiger partial charge in [-0.3, -0.25) is 9.59 Å². The van der Waals surface area contributed by atoms with Gasteiger partial charge in [-0.1, -0.05) is 82.9 Å². The average molecular weight is 436 g/mol. The predicted octanol–water partition coefficient (Wildman–Crippen LogP) is 6.56. The number of fused-ring (bicyclic) bond motifs is 1. The van der Waals surface area contributed by atoms with E-state index in [1.807, 2.05) is 6.07 Å². The molecular formula is C27H33NO4. The van der Waals surface area contributed by atoms with E-state index in [1.165, 1.54) is 57.1 Å². The van der Waals surface area contributed by atoms with E-state index in [0.29, 0.717) is 23.4 Å². The van der Waals surface area contributed by atoms with E-state index in [4.69, 9.17) is 4.74 Å². The highest BCUT2D eigenvalue weighted by Gasteiger charge is 2.37. The first-order valence-electron chi connectivity index (χ1n) is 11.9. The van der Waals surface area contributed by atoms with Crippen molar-refractivity contribution < 1.29 is 19.1 Å². The first-order valence-corrected chi connectivity index (χ1v) is 11.9. The number of carbonyl (C=O) groups is 3. The standard InChI is InChI=1S/C27H33NO4/c1-2-3-4-5-6-7-8-9-10-14-19-32-27(31)21-17-18-23-24(20-21)26(30)28(25(23)29)22-15-12-11-13-16-22/h11-13,15-18,20H,2-10,14,19H2,1H3. The second-order valence-electron chi connectivity index (χ2n) is 8.36. The molecule has 3 rings (SSSR count). The lowest BCUT2D eigenvalue weighted by Crippen LogP contribution is -2.29. The minimum atomic E-state index is -0.456. The van der Waals surface area contributed by atoms with Gasteiger partial charge in [0.05, 0.1) is 29.0 Å². The van der Waals surface area contributed by atoms with Crippen molar-refractivity contribution in [3.8, 4) is 0 Å². The van der Waals surface area contributed by atoms with Gasteiger partial charge in [0, 0.05) is 0 Å². The number of hydrogen-bond donors (Lipinski definition) is 0. The van der Waals surface area contributed by atoms with Gasteiger partial charge in [0.1, 0.15) is 0 Å². The molecule has 0 atom stereocenters. The van der Waals surface area contributed by atoms with Crippen LogP contribution in [0.5, 0.6) is 0 Å². The molecule has 0 saturated heterocycles. The number of unbranched alkanes of at least 4 members (excludes halogenated alkanes) is 9. The summed E-state index contributed by atoms with van der Waals surface area (Å²) in [6, 6.07) is 13.4.